The quantitative estimate of drug-likeness (QED) is 0.702. The molecule has 0 aliphatic carbocycles. The second-order valence-electron chi connectivity index (χ2n) is 6.77. The molecule has 0 fully saturated rings. The topological polar surface area (TPSA) is 97.0 Å². The van der Waals surface area contributed by atoms with Crippen LogP contribution >= 0.6 is 0 Å². The summed E-state index contributed by atoms with van der Waals surface area (Å²) in [4.78, 5) is 29.6. The van der Waals surface area contributed by atoms with Gasteiger partial charge in [0.25, 0.3) is 0 Å². The molecule has 9 nitrogen and oxygen atoms in total. The zero-order chi connectivity index (χ0) is 21.1. The fraction of sp³-hybridized carbons (Fsp3) is 0.350. The lowest BCUT2D eigenvalue weighted by molar-refractivity contribution is -0.135. The number of hydrogen-bond acceptors (Lipinski definition) is 8. The smallest absolute Gasteiger partial charge is 0.375 e. The highest BCUT2D eigenvalue weighted by atomic mass is 19.1. The normalized spacial score (nSPS) is 17.6. The molecular weight excluding hydrogens is 389 g/mol. The molecule has 156 valence electrons. The zero-order valence-corrected chi connectivity index (χ0v) is 16.7. The Morgan fingerprint density at radius 2 is 2.17 bits per heavy atom. The van der Waals surface area contributed by atoms with E-state index >= 15 is 0 Å². The van der Waals surface area contributed by atoms with Crippen LogP contribution in [0.3, 0.4) is 0 Å². The van der Waals surface area contributed by atoms with Crippen LogP contribution < -0.4 is 5.43 Å². The Hall–Kier alpha value is -3.56. The van der Waals surface area contributed by atoms with Gasteiger partial charge in [-0.2, -0.15) is 0 Å². The van der Waals surface area contributed by atoms with Crippen LogP contribution in [-0.2, 0) is 16.1 Å². The molecule has 0 radical (unpaired) electrons. The van der Waals surface area contributed by atoms with Crippen molar-refractivity contribution in [2.75, 3.05) is 6.61 Å². The average molecular weight is 411 g/mol. The van der Waals surface area contributed by atoms with Crippen molar-refractivity contribution in [3.8, 4) is 11.5 Å². The number of nitrogens with zero attached hydrogens (tertiary/aromatic N) is 6. The van der Waals surface area contributed by atoms with E-state index in [1.165, 1.54) is 12.3 Å². The molecule has 2 aromatic rings. The van der Waals surface area contributed by atoms with Gasteiger partial charge < -0.3 is 9.30 Å². The number of fused-ring (bicyclic) bond motifs is 1. The first-order valence-corrected chi connectivity index (χ1v) is 9.80. The molecule has 1 N–H and O–H groups in total. The van der Waals surface area contributed by atoms with Gasteiger partial charge in [-0.25, -0.2) is 34.1 Å². The van der Waals surface area contributed by atoms with Gasteiger partial charge in [-0.1, -0.05) is 13.3 Å². The molecule has 10 heteroatoms. The third-order valence-corrected chi connectivity index (χ3v) is 4.76. The maximum atomic E-state index is 14.2. The molecule has 0 spiro atoms. The maximum absolute atomic E-state index is 14.2. The Balaban J connectivity index is 1.66. The predicted octanol–water partition coefficient (Wildman–Crippen LogP) is 2.29. The van der Waals surface area contributed by atoms with E-state index in [0.717, 1.165) is 24.1 Å². The van der Waals surface area contributed by atoms with Crippen molar-refractivity contribution >= 4 is 18.1 Å². The van der Waals surface area contributed by atoms with Crippen LogP contribution in [0.15, 0.2) is 52.0 Å². The Morgan fingerprint density at radius 1 is 1.30 bits per heavy atom. The number of hydrogen-bond donors (Lipinski definition) is 1. The van der Waals surface area contributed by atoms with Gasteiger partial charge in [-0.3, -0.25) is 5.43 Å². The molecule has 0 aromatic carbocycles. The number of ether oxygens (including phenoxy) is 1. The van der Waals surface area contributed by atoms with Crippen LogP contribution in [0.2, 0.25) is 0 Å². The Morgan fingerprint density at radius 3 is 2.93 bits per heavy atom. The predicted molar refractivity (Wildman–Crippen MR) is 109 cm³/mol. The first kappa shape index (κ1) is 19.7. The van der Waals surface area contributed by atoms with E-state index in [2.05, 4.69) is 32.3 Å². The third kappa shape index (κ3) is 3.68. The van der Waals surface area contributed by atoms with Gasteiger partial charge in [0, 0.05) is 18.6 Å². The number of carbonyl (C=O) groups excluding carboxylic acids is 1. The van der Waals surface area contributed by atoms with Crippen molar-refractivity contribution in [2.24, 2.45) is 9.98 Å². The number of amidine groups is 1. The van der Waals surface area contributed by atoms with Crippen molar-refractivity contribution in [1.82, 2.24) is 25.0 Å². The number of carbonyl (C=O) groups is 1. The summed E-state index contributed by atoms with van der Waals surface area (Å²) in [7, 11) is 0. The number of aromatic nitrogens is 3. The summed E-state index contributed by atoms with van der Waals surface area (Å²) in [6, 6.07) is 2.90. The molecule has 2 aromatic heterocycles. The van der Waals surface area contributed by atoms with Gasteiger partial charge in [-0.05, 0) is 31.1 Å². The molecular formula is C20H22FN7O2. The maximum Gasteiger partial charge on any atom is 0.375 e. The first-order valence-electron chi connectivity index (χ1n) is 9.80. The van der Waals surface area contributed by atoms with Crippen LogP contribution in [-0.4, -0.2) is 50.5 Å². The molecule has 30 heavy (non-hydrogen) atoms. The number of rotatable bonds is 7. The molecule has 0 saturated carbocycles. The summed E-state index contributed by atoms with van der Waals surface area (Å²) < 4.78 is 21.1. The SMILES string of the molecule is CCCC1=C(Cn2ccnc2-c2ncccc2F)N=CN2NC(C(=O)OCC)=NC12. The summed E-state index contributed by atoms with van der Waals surface area (Å²) in [5.41, 5.74) is 4.90. The van der Waals surface area contributed by atoms with Crippen molar-refractivity contribution in [1.29, 1.82) is 0 Å². The second-order valence-corrected chi connectivity index (χ2v) is 6.77. The molecule has 4 heterocycles. The summed E-state index contributed by atoms with van der Waals surface area (Å²) in [5.74, 6) is -0.355. The highest BCUT2D eigenvalue weighted by Crippen LogP contribution is 2.29. The highest BCUT2D eigenvalue weighted by molar-refractivity contribution is 6.35. The van der Waals surface area contributed by atoms with Crippen molar-refractivity contribution < 1.29 is 13.9 Å². The zero-order valence-electron chi connectivity index (χ0n) is 16.7. The van der Waals surface area contributed by atoms with Crippen LogP contribution in [0.25, 0.3) is 11.5 Å². The lowest BCUT2D eigenvalue weighted by atomic mass is 10.0. The van der Waals surface area contributed by atoms with Crippen LogP contribution in [0, 0.1) is 5.82 Å². The van der Waals surface area contributed by atoms with Crippen molar-refractivity contribution in [2.45, 2.75) is 39.4 Å². The van der Waals surface area contributed by atoms with Gasteiger partial charge in [0.05, 0.1) is 18.8 Å². The minimum Gasteiger partial charge on any atom is -0.460 e. The van der Waals surface area contributed by atoms with Crippen LogP contribution in [0.5, 0.6) is 0 Å². The second kappa shape index (κ2) is 8.44. The summed E-state index contributed by atoms with van der Waals surface area (Å²) >= 11 is 0. The molecule has 2 aliphatic rings. The molecule has 0 amide bonds. The van der Waals surface area contributed by atoms with Gasteiger partial charge in [0.15, 0.2) is 17.8 Å². The average Bonchev–Trinajstić information content (AvgIpc) is 3.37. The lowest BCUT2D eigenvalue weighted by Crippen LogP contribution is -2.44. The molecule has 2 aliphatic heterocycles. The molecule has 1 atom stereocenters. The minimum absolute atomic E-state index is 0.155. The number of nitrogens with one attached hydrogen (secondary N) is 1. The first-order chi connectivity index (χ1) is 14.6. The number of esters is 1. The van der Waals surface area contributed by atoms with Crippen molar-refractivity contribution in [3.63, 3.8) is 0 Å². The summed E-state index contributed by atoms with van der Waals surface area (Å²) in [6.07, 6.45) is 7.76. The van der Waals surface area contributed by atoms with Gasteiger partial charge in [0.2, 0.25) is 5.84 Å². The van der Waals surface area contributed by atoms with E-state index in [-0.39, 0.29) is 24.3 Å². The number of halogens is 1. The molecule has 0 bridgehead atoms. The number of allylic oxidation sites excluding steroid dienone is 1. The Kier molecular flexibility index (Phi) is 5.55. The van der Waals surface area contributed by atoms with E-state index < -0.39 is 11.8 Å². The van der Waals surface area contributed by atoms with E-state index in [1.54, 1.807) is 36.7 Å². The van der Waals surface area contributed by atoms with Crippen molar-refractivity contribution in [3.05, 3.63) is 47.8 Å². The number of aliphatic imine (C=N–C) groups is 2. The van der Waals surface area contributed by atoms with E-state index in [1.807, 2.05) is 4.57 Å². The van der Waals surface area contributed by atoms with E-state index in [4.69, 9.17) is 4.74 Å². The van der Waals surface area contributed by atoms with E-state index in [0.29, 0.717) is 12.4 Å². The molecule has 1 unspecified atom stereocenters. The van der Waals surface area contributed by atoms with Gasteiger partial charge >= 0.3 is 5.97 Å². The largest absolute Gasteiger partial charge is 0.460 e. The fourth-order valence-corrected chi connectivity index (χ4v) is 3.45. The molecule has 0 saturated heterocycles. The summed E-state index contributed by atoms with van der Waals surface area (Å²) in [6.45, 7) is 4.47. The Labute approximate surface area is 173 Å². The number of pyridine rings is 1. The Bertz CT molecular complexity index is 1040. The van der Waals surface area contributed by atoms with Gasteiger partial charge in [-0.15, -0.1) is 0 Å². The fourth-order valence-electron chi connectivity index (χ4n) is 3.45. The standard InChI is InChI=1S/C20H22FN7O2/c1-3-6-13-15(24-12-28-18(13)25-17(26-28)20(29)30-4-2)11-27-10-9-23-19(27)16-14(21)7-5-8-22-16/h5,7-10,12,18H,3-4,6,11H2,1-2H3,(H,25,26). The highest BCUT2D eigenvalue weighted by Gasteiger charge is 2.35. The van der Waals surface area contributed by atoms with Crippen LogP contribution in [0.1, 0.15) is 26.7 Å². The number of hydrazine groups is 1. The summed E-state index contributed by atoms with van der Waals surface area (Å²) in [5, 5.41) is 1.69. The molecule has 4 rings (SSSR count). The minimum atomic E-state index is -0.500. The van der Waals surface area contributed by atoms with Gasteiger partial charge in [0.1, 0.15) is 12.0 Å². The number of imidazole rings is 1. The van der Waals surface area contributed by atoms with E-state index in [9.17, 15) is 9.18 Å². The third-order valence-electron chi connectivity index (χ3n) is 4.76. The lowest BCUT2D eigenvalue weighted by Gasteiger charge is -2.28. The monoisotopic (exact) mass is 411 g/mol. The van der Waals surface area contributed by atoms with Crippen LogP contribution in [0.4, 0.5) is 4.39 Å².